The van der Waals surface area contributed by atoms with Crippen molar-refractivity contribution in [3.8, 4) is 0 Å². The van der Waals surface area contributed by atoms with Gasteiger partial charge in [-0.15, -0.1) is 0 Å². The van der Waals surface area contributed by atoms with Crippen LogP contribution >= 0.6 is 15.9 Å². The quantitative estimate of drug-likeness (QED) is 0.570. The average molecular weight is 267 g/mol. The molecule has 2 amide bonds. The van der Waals surface area contributed by atoms with E-state index in [0.717, 1.165) is 6.42 Å². The molecule has 0 aromatic carbocycles. The maximum Gasteiger partial charge on any atom is 0.238 e. The predicted molar refractivity (Wildman–Crippen MR) is 56.0 cm³/mol. The smallest absolute Gasteiger partial charge is 0.238 e. The lowest BCUT2D eigenvalue weighted by atomic mass is 10.4. The third-order valence-corrected chi connectivity index (χ3v) is 3.24. The van der Waals surface area contributed by atoms with Crippen LogP contribution in [0.5, 0.6) is 0 Å². The number of hydrogen-bond acceptors (Lipinski definition) is 3. The summed E-state index contributed by atoms with van der Waals surface area (Å²) in [6.07, 6.45) is 0.724. The molecule has 0 N–H and O–H groups in total. The molecule has 76 valence electrons. The third kappa shape index (κ3) is 1.23. The minimum atomic E-state index is -0.101. The normalized spacial score (nSPS) is 28.2. The highest BCUT2D eigenvalue weighted by molar-refractivity contribution is 9.10. The minimum Gasteiger partial charge on any atom is -0.274 e. The predicted octanol–water partition coefficient (Wildman–Crippen LogP) is 1.35. The zero-order chi connectivity index (χ0) is 10.6. The van der Waals surface area contributed by atoms with Crippen molar-refractivity contribution in [3.63, 3.8) is 0 Å². The lowest BCUT2D eigenvalue weighted by molar-refractivity contribution is -0.123. The van der Waals surface area contributed by atoms with Crippen molar-refractivity contribution in [2.24, 2.45) is 11.8 Å². The molecule has 15 heavy (non-hydrogen) atoms. The van der Waals surface area contributed by atoms with E-state index in [0.29, 0.717) is 10.4 Å². The van der Waals surface area contributed by atoms with Crippen LogP contribution in [0.1, 0.15) is 6.42 Å². The number of piperidine rings is 1. The lowest BCUT2D eigenvalue weighted by Crippen LogP contribution is -2.33. The number of imide groups is 1. The highest BCUT2D eigenvalue weighted by Gasteiger charge is 2.59. The Labute approximate surface area is 94.4 Å². The second-order valence-electron chi connectivity index (χ2n) is 3.78. The molecule has 1 aliphatic heterocycles. The van der Waals surface area contributed by atoms with Gasteiger partial charge >= 0.3 is 0 Å². The number of hydrogen-bond donors (Lipinski definition) is 0. The molecule has 1 saturated heterocycles. The van der Waals surface area contributed by atoms with Gasteiger partial charge in [0.05, 0.1) is 11.8 Å². The van der Waals surface area contributed by atoms with Gasteiger partial charge in [0, 0.05) is 0 Å². The van der Waals surface area contributed by atoms with Gasteiger partial charge in [-0.25, -0.2) is 9.88 Å². The molecule has 1 saturated carbocycles. The number of pyridine rings is 1. The summed E-state index contributed by atoms with van der Waals surface area (Å²) in [6.45, 7) is 0. The van der Waals surface area contributed by atoms with E-state index >= 15 is 0 Å². The molecule has 0 bridgehead atoms. The van der Waals surface area contributed by atoms with E-state index in [9.17, 15) is 9.59 Å². The number of amides is 2. The first kappa shape index (κ1) is 9.03. The van der Waals surface area contributed by atoms with E-state index < -0.39 is 0 Å². The molecule has 4 nitrogen and oxygen atoms in total. The van der Waals surface area contributed by atoms with Crippen molar-refractivity contribution < 1.29 is 9.59 Å². The van der Waals surface area contributed by atoms with E-state index in [4.69, 9.17) is 0 Å². The fraction of sp³-hybridized carbons (Fsp3) is 0.300. The first-order valence-electron chi connectivity index (χ1n) is 4.69. The van der Waals surface area contributed by atoms with Gasteiger partial charge in [0.1, 0.15) is 10.4 Å². The maximum absolute atomic E-state index is 11.7. The number of carbonyl (C=O) groups excluding carboxylic acids is 2. The zero-order valence-corrected chi connectivity index (χ0v) is 9.27. The molecule has 2 aliphatic rings. The standard InChI is InChI=1S/C10H7BrN2O2/c11-7-2-1-3-8(12-7)13-9(14)5-4-6(5)10(13)15/h1-3,5-6H,4H2. The highest BCUT2D eigenvalue weighted by atomic mass is 79.9. The Balaban J connectivity index is 2.01. The molecule has 1 aromatic rings. The molecule has 5 heteroatoms. The summed E-state index contributed by atoms with van der Waals surface area (Å²) < 4.78 is 0.626. The van der Waals surface area contributed by atoms with Crippen LogP contribution in [0.15, 0.2) is 22.8 Å². The number of carbonyl (C=O) groups is 2. The van der Waals surface area contributed by atoms with E-state index in [1.165, 1.54) is 4.90 Å². The van der Waals surface area contributed by atoms with Crippen LogP contribution in [0.2, 0.25) is 0 Å². The summed E-state index contributed by atoms with van der Waals surface area (Å²) in [4.78, 5) is 28.7. The van der Waals surface area contributed by atoms with Crippen molar-refractivity contribution in [1.29, 1.82) is 0 Å². The Bertz CT molecular complexity index is 454. The van der Waals surface area contributed by atoms with Crippen LogP contribution in [0.3, 0.4) is 0 Å². The molecular weight excluding hydrogens is 260 g/mol. The molecule has 2 fully saturated rings. The van der Waals surface area contributed by atoms with Gasteiger partial charge in [-0.3, -0.25) is 9.59 Å². The number of nitrogens with zero attached hydrogens (tertiary/aromatic N) is 2. The number of rotatable bonds is 1. The summed E-state index contributed by atoms with van der Waals surface area (Å²) in [5.74, 6) is 0.0781. The van der Waals surface area contributed by atoms with E-state index in [-0.39, 0.29) is 23.7 Å². The van der Waals surface area contributed by atoms with Crippen LogP contribution in [0, 0.1) is 11.8 Å². The third-order valence-electron chi connectivity index (χ3n) is 2.80. The number of anilines is 1. The summed E-state index contributed by atoms with van der Waals surface area (Å²) in [5, 5.41) is 0. The Morgan fingerprint density at radius 2 is 1.93 bits per heavy atom. The fourth-order valence-electron chi connectivity index (χ4n) is 1.93. The molecule has 2 heterocycles. The van der Waals surface area contributed by atoms with Gasteiger partial charge in [0.25, 0.3) is 0 Å². The van der Waals surface area contributed by atoms with Gasteiger partial charge in [0.15, 0.2) is 0 Å². The van der Waals surface area contributed by atoms with Crippen LogP contribution in [-0.4, -0.2) is 16.8 Å². The average Bonchev–Trinajstić information content (AvgIpc) is 2.92. The number of fused-ring (bicyclic) bond motifs is 1. The van der Waals surface area contributed by atoms with Crippen molar-refractivity contribution in [2.75, 3.05) is 4.90 Å². The molecule has 1 aliphatic carbocycles. The van der Waals surface area contributed by atoms with Gasteiger partial charge < -0.3 is 0 Å². The Morgan fingerprint density at radius 1 is 1.27 bits per heavy atom. The summed E-state index contributed by atoms with van der Waals surface area (Å²) in [5.41, 5.74) is 0. The zero-order valence-electron chi connectivity index (χ0n) is 7.68. The van der Waals surface area contributed by atoms with Crippen LogP contribution in [0.4, 0.5) is 5.82 Å². The SMILES string of the molecule is O=C1C2CC2C(=O)N1c1cccc(Br)n1. The number of aromatic nitrogens is 1. The number of halogens is 1. The molecule has 1 aromatic heterocycles. The Kier molecular flexibility index (Phi) is 1.74. The molecule has 2 unspecified atom stereocenters. The second-order valence-corrected chi connectivity index (χ2v) is 4.59. The first-order chi connectivity index (χ1) is 7.18. The molecule has 2 atom stereocenters. The topological polar surface area (TPSA) is 50.3 Å². The van der Waals surface area contributed by atoms with Crippen molar-refractivity contribution >= 4 is 33.6 Å². The van der Waals surface area contributed by atoms with Crippen molar-refractivity contribution in [2.45, 2.75) is 6.42 Å². The van der Waals surface area contributed by atoms with E-state index in [1.807, 2.05) is 0 Å². The molecular formula is C10H7BrN2O2. The summed E-state index contributed by atoms with van der Waals surface area (Å²) >= 11 is 3.22. The first-order valence-corrected chi connectivity index (χ1v) is 5.48. The maximum atomic E-state index is 11.7. The van der Waals surface area contributed by atoms with Gasteiger partial charge in [-0.1, -0.05) is 6.07 Å². The van der Waals surface area contributed by atoms with Crippen molar-refractivity contribution in [3.05, 3.63) is 22.8 Å². The van der Waals surface area contributed by atoms with Gasteiger partial charge in [0.2, 0.25) is 11.8 Å². The summed E-state index contributed by atoms with van der Waals surface area (Å²) in [7, 11) is 0. The van der Waals surface area contributed by atoms with Crippen LogP contribution < -0.4 is 4.90 Å². The molecule has 0 spiro atoms. The highest BCUT2D eigenvalue weighted by Crippen LogP contribution is 2.48. The van der Waals surface area contributed by atoms with Crippen LogP contribution in [-0.2, 0) is 9.59 Å². The summed E-state index contributed by atoms with van der Waals surface area (Å²) in [6, 6.07) is 5.19. The van der Waals surface area contributed by atoms with Crippen LogP contribution in [0.25, 0.3) is 0 Å². The van der Waals surface area contributed by atoms with E-state index in [2.05, 4.69) is 20.9 Å². The second kappa shape index (κ2) is 2.88. The van der Waals surface area contributed by atoms with Crippen molar-refractivity contribution in [1.82, 2.24) is 4.98 Å². The minimum absolute atomic E-state index is 0.0710. The lowest BCUT2D eigenvalue weighted by Gasteiger charge is -2.14. The van der Waals surface area contributed by atoms with Gasteiger partial charge in [-0.2, -0.15) is 0 Å². The molecule has 0 radical (unpaired) electrons. The largest absolute Gasteiger partial charge is 0.274 e. The molecule has 3 rings (SSSR count). The Hall–Kier alpha value is -1.23. The van der Waals surface area contributed by atoms with E-state index in [1.54, 1.807) is 18.2 Å². The monoisotopic (exact) mass is 266 g/mol. The van der Waals surface area contributed by atoms with Gasteiger partial charge in [-0.05, 0) is 34.5 Å². The Morgan fingerprint density at radius 3 is 2.53 bits per heavy atom. The fourth-order valence-corrected chi connectivity index (χ4v) is 2.26.